The molecule has 3 aromatic rings. The monoisotopic (exact) mass is 413 g/mol. The molecule has 0 unspecified atom stereocenters. The van der Waals surface area contributed by atoms with Gasteiger partial charge in [0.2, 0.25) is 11.1 Å². The number of carbonyl (C=O) groups is 1. The summed E-state index contributed by atoms with van der Waals surface area (Å²) in [4.78, 5) is 13.1. The number of amides is 1. The molecule has 2 N–H and O–H groups in total. The molecule has 1 aromatic heterocycles. The predicted molar refractivity (Wildman–Crippen MR) is 112 cm³/mol. The zero-order valence-electron chi connectivity index (χ0n) is 15.5. The third kappa shape index (κ3) is 3.72. The number of benzene rings is 2. The van der Waals surface area contributed by atoms with E-state index in [-0.39, 0.29) is 11.9 Å². The second-order valence-corrected chi connectivity index (χ2v) is 8.19. The summed E-state index contributed by atoms with van der Waals surface area (Å²) in [6, 6.07) is 15.1. The van der Waals surface area contributed by atoms with Crippen LogP contribution in [0.1, 0.15) is 29.9 Å². The molecular formula is C20H20ClN5OS. The van der Waals surface area contributed by atoms with Crippen LogP contribution in [-0.2, 0) is 11.2 Å². The van der Waals surface area contributed by atoms with Gasteiger partial charge in [0.1, 0.15) is 5.25 Å². The molecule has 1 aliphatic heterocycles. The highest BCUT2D eigenvalue weighted by atomic mass is 35.5. The molecule has 0 fully saturated rings. The van der Waals surface area contributed by atoms with Crippen LogP contribution in [0.5, 0.6) is 0 Å². The van der Waals surface area contributed by atoms with Crippen molar-refractivity contribution in [1.29, 1.82) is 0 Å². The molecule has 28 heavy (non-hydrogen) atoms. The SMILES string of the molecule is CCc1nnc2n1N[C@H](c1ccc(C)cc1)[C@H](C(=O)Nc1cccc(Cl)c1)S2. The van der Waals surface area contributed by atoms with Gasteiger partial charge in [-0.05, 0) is 30.7 Å². The van der Waals surface area contributed by atoms with E-state index >= 15 is 0 Å². The number of aromatic nitrogens is 3. The molecule has 0 bridgehead atoms. The number of fused-ring (bicyclic) bond motifs is 1. The van der Waals surface area contributed by atoms with Crippen molar-refractivity contribution in [2.75, 3.05) is 10.7 Å². The van der Waals surface area contributed by atoms with Crippen molar-refractivity contribution < 1.29 is 4.79 Å². The summed E-state index contributed by atoms with van der Waals surface area (Å²) in [6.45, 7) is 4.08. The summed E-state index contributed by atoms with van der Waals surface area (Å²) in [7, 11) is 0. The Morgan fingerprint density at radius 2 is 2.04 bits per heavy atom. The van der Waals surface area contributed by atoms with Crippen LogP contribution in [0.25, 0.3) is 0 Å². The van der Waals surface area contributed by atoms with E-state index in [1.165, 1.54) is 17.3 Å². The molecule has 1 amide bonds. The number of hydrogen-bond acceptors (Lipinski definition) is 5. The van der Waals surface area contributed by atoms with Crippen LogP contribution in [0, 0.1) is 6.92 Å². The number of nitrogens with zero attached hydrogens (tertiary/aromatic N) is 3. The zero-order valence-corrected chi connectivity index (χ0v) is 17.1. The first-order chi connectivity index (χ1) is 13.5. The van der Waals surface area contributed by atoms with E-state index in [1.54, 1.807) is 12.1 Å². The summed E-state index contributed by atoms with van der Waals surface area (Å²) >= 11 is 7.46. The molecule has 0 spiro atoms. The van der Waals surface area contributed by atoms with E-state index in [2.05, 4.69) is 33.1 Å². The van der Waals surface area contributed by atoms with E-state index in [1.807, 2.05) is 42.8 Å². The lowest BCUT2D eigenvalue weighted by molar-refractivity contribution is -0.116. The standard InChI is InChI=1S/C20H20ClN5OS/c1-3-16-23-24-20-26(16)25-17(13-9-7-12(2)8-10-13)18(28-20)19(27)22-15-6-4-5-14(21)11-15/h4-11,17-18,25H,3H2,1-2H3,(H,22,27)/t17-,18-/m1/s1. The van der Waals surface area contributed by atoms with Crippen molar-refractivity contribution in [3.63, 3.8) is 0 Å². The number of aryl methyl sites for hydroxylation is 2. The van der Waals surface area contributed by atoms with Crippen molar-refractivity contribution in [3.8, 4) is 0 Å². The Balaban J connectivity index is 1.67. The molecule has 1 aliphatic rings. The van der Waals surface area contributed by atoms with Gasteiger partial charge < -0.3 is 10.7 Å². The predicted octanol–water partition coefficient (Wildman–Crippen LogP) is 4.20. The third-order valence-electron chi connectivity index (χ3n) is 4.61. The molecule has 0 aliphatic carbocycles. The molecule has 2 aromatic carbocycles. The largest absolute Gasteiger partial charge is 0.325 e. The average Bonchev–Trinajstić information content (AvgIpc) is 3.09. The Morgan fingerprint density at radius 1 is 1.25 bits per heavy atom. The Morgan fingerprint density at radius 3 is 2.75 bits per heavy atom. The molecule has 2 atom stereocenters. The van der Waals surface area contributed by atoms with Gasteiger partial charge >= 0.3 is 0 Å². The molecular weight excluding hydrogens is 394 g/mol. The fourth-order valence-corrected chi connectivity index (χ4v) is 4.42. The van der Waals surface area contributed by atoms with E-state index in [4.69, 9.17) is 11.6 Å². The van der Waals surface area contributed by atoms with Gasteiger partial charge in [-0.15, -0.1) is 10.2 Å². The summed E-state index contributed by atoms with van der Waals surface area (Å²) in [5.41, 5.74) is 6.32. The Bertz CT molecular complexity index is 1000. The Hall–Kier alpha value is -2.51. The summed E-state index contributed by atoms with van der Waals surface area (Å²) in [5, 5.41) is 12.3. The molecule has 0 saturated heterocycles. The number of thioether (sulfide) groups is 1. The highest BCUT2D eigenvalue weighted by Crippen LogP contribution is 2.37. The van der Waals surface area contributed by atoms with E-state index in [0.717, 1.165) is 17.8 Å². The smallest absolute Gasteiger partial charge is 0.240 e. The second kappa shape index (κ2) is 7.85. The summed E-state index contributed by atoms with van der Waals surface area (Å²) < 4.78 is 1.89. The molecule has 6 nitrogen and oxygen atoms in total. The van der Waals surface area contributed by atoms with Gasteiger partial charge in [-0.3, -0.25) is 4.79 Å². The van der Waals surface area contributed by atoms with Gasteiger partial charge in [0.15, 0.2) is 5.82 Å². The van der Waals surface area contributed by atoms with Crippen LogP contribution in [0.15, 0.2) is 53.7 Å². The van der Waals surface area contributed by atoms with E-state index < -0.39 is 5.25 Å². The number of halogens is 1. The fraction of sp³-hybridized carbons (Fsp3) is 0.250. The van der Waals surface area contributed by atoms with Gasteiger partial charge in [-0.1, -0.05) is 66.2 Å². The van der Waals surface area contributed by atoms with Crippen molar-refractivity contribution >= 4 is 35.0 Å². The van der Waals surface area contributed by atoms with Gasteiger partial charge in [0.05, 0.1) is 6.04 Å². The third-order valence-corrected chi connectivity index (χ3v) is 6.06. The van der Waals surface area contributed by atoms with Crippen LogP contribution in [-0.4, -0.2) is 26.0 Å². The number of nitrogens with one attached hydrogen (secondary N) is 2. The lowest BCUT2D eigenvalue weighted by Crippen LogP contribution is -2.41. The van der Waals surface area contributed by atoms with Crippen LogP contribution in [0.3, 0.4) is 0 Å². The normalized spacial score (nSPS) is 18.2. The molecule has 0 radical (unpaired) electrons. The number of carbonyl (C=O) groups excluding carboxylic acids is 1. The molecule has 8 heteroatoms. The van der Waals surface area contributed by atoms with Crippen molar-refractivity contribution in [1.82, 2.24) is 14.9 Å². The summed E-state index contributed by atoms with van der Waals surface area (Å²) in [5.74, 6) is 0.728. The Labute approximate surface area is 172 Å². The lowest BCUT2D eigenvalue weighted by atomic mass is 10.0. The van der Waals surface area contributed by atoms with E-state index in [9.17, 15) is 4.79 Å². The first-order valence-corrected chi connectivity index (χ1v) is 10.3. The molecule has 0 saturated carbocycles. The van der Waals surface area contributed by atoms with Crippen LogP contribution < -0.4 is 10.7 Å². The highest BCUT2D eigenvalue weighted by Gasteiger charge is 2.37. The fourth-order valence-electron chi connectivity index (χ4n) is 3.13. The lowest BCUT2D eigenvalue weighted by Gasteiger charge is -2.33. The number of hydrogen-bond donors (Lipinski definition) is 2. The van der Waals surface area contributed by atoms with E-state index in [0.29, 0.717) is 15.9 Å². The maximum absolute atomic E-state index is 13.1. The minimum absolute atomic E-state index is 0.113. The van der Waals surface area contributed by atoms with Crippen molar-refractivity contribution in [2.45, 2.75) is 36.7 Å². The van der Waals surface area contributed by atoms with Crippen LogP contribution in [0.2, 0.25) is 5.02 Å². The average molecular weight is 414 g/mol. The molecule has 4 rings (SSSR count). The minimum atomic E-state index is -0.414. The number of rotatable bonds is 4. The van der Waals surface area contributed by atoms with Gasteiger partial charge in [0.25, 0.3) is 0 Å². The quantitative estimate of drug-likeness (QED) is 0.670. The van der Waals surface area contributed by atoms with Gasteiger partial charge in [0, 0.05) is 17.1 Å². The van der Waals surface area contributed by atoms with Crippen LogP contribution >= 0.6 is 23.4 Å². The maximum Gasteiger partial charge on any atom is 0.240 e. The zero-order chi connectivity index (χ0) is 19.7. The number of anilines is 1. The summed E-state index contributed by atoms with van der Waals surface area (Å²) in [6.07, 6.45) is 0.751. The Kier molecular flexibility index (Phi) is 5.28. The van der Waals surface area contributed by atoms with Crippen LogP contribution in [0.4, 0.5) is 5.69 Å². The van der Waals surface area contributed by atoms with Gasteiger partial charge in [-0.25, -0.2) is 4.68 Å². The first-order valence-electron chi connectivity index (χ1n) is 9.05. The highest BCUT2D eigenvalue weighted by molar-refractivity contribution is 8.00. The molecule has 2 heterocycles. The maximum atomic E-state index is 13.1. The molecule has 144 valence electrons. The minimum Gasteiger partial charge on any atom is -0.325 e. The van der Waals surface area contributed by atoms with Crippen molar-refractivity contribution in [3.05, 3.63) is 70.5 Å². The van der Waals surface area contributed by atoms with Gasteiger partial charge in [-0.2, -0.15) is 0 Å². The first kappa shape index (κ1) is 18.8. The topological polar surface area (TPSA) is 71.8 Å². The van der Waals surface area contributed by atoms with Crippen molar-refractivity contribution in [2.24, 2.45) is 0 Å². The second-order valence-electron chi connectivity index (χ2n) is 6.64.